The van der Waals surface area contributed by atoms with Crippen molar-refractivity contribution in [2.45, 2.75) is 10.6 Å². The molecule has 0 saturated heterocycles. The summed E-state index contributed by atoms with van der Waals surface area (Å²) in [6.07, 6.45) is 0. The summed E-state index contributed by atoms with van der Waals surface area (Å²) >= 11 is 7.06. The molecule has 1 aromatic carbocycles. The van der Waals surface area contributed by atoms with Gasteiger partial charge < -0.3 is 5.73 Å². The molecule has 0 aliphatic heterocycles. The maximum atomic E-state index is 5.35. The van der Waals surface area contributed by atoms with Gasteiger partial charge in [-0.1, -0.05) is 33.8 Å². The van der Waals surface area contributed by atoms with E-state index in [0.717, 1.165) is 15.8 Å². The number of nitrogens with two attached hydrogens (primary N) is 1. The first-order valence-corrected chi connectivity index (χ1v) is 8.08. The van der Waals surface area contributed by atoms with Crippen LogP contribution in [0.4, 0.5) is 0 Å². The van der Waals surface area contributed by atoms with E-state index >= 15 is 0 Å². The van der Waals surface area contributed by atoms with Gasteiger partial charge in [-0.2, -0.15) is 0 Å². The first kappa shape index (κ1) is 13.7. The van der Waals surface area contributed by atoms with Crippen molar-refractivity contribution in [2.24, 2.45) is 5.73 Å². The molecular formula is C14H12BrNS2. The lowest BCUT2D eigenvalue weighted by Crippen LogP contribution is -1.92. The van der Waals surface area contributed by atoms with Crippen LogP contribution in [0.5, 0.6) is 0 Å². The maximum Gasteiger partial charge on any atom is 0.0555 e. The van der Waals surface area contributed by atoms with Gasteiger partial charge in [0.25, 0.3) is 0 Å². The van der Waals surface area contributed by atoms with E-state index in [0.29, 0.717) is 6.54 Å². The summed E-state index contributed by atoms with van der Waals surface area (Å²) in [7, 11) is 0. The van der Waals surface area contributed by atoms with E-state index < -0.39 is 0 Å². The van der Waals surface area contributed by atoms with Gasteiger partial charge >= 0.3 is 0 Å². The van der Waals surface area contributed by atoms with Crippen LogP contribution < -0.4 is 5.73 Å². The molecule has 2 aromatic rings. The molecule has 18 heavy (non-hydrogen) atoms. The van der Waals surface area contributed by atoms with Gasteiger partial charge in [0, 0.05) is 30.9 Å². The largest absolute Gasteiger partial charge is 0.320 e. The molecule has 0 fully saturated rings. The monoisotopic (exact) mass is 337 g/mol. The summed E-state index contributed by atoms with van der Waals surface area (Å²) in [5, 5.41) is 2.08. The van der Waals surface area contributed by atoms with Gasteiger partial charge in [-0.3, -0.25) is 0 Å². The lowest BCUT2D eigenvalue weighted by molar-refractivity contribution is 1.30. The Balaban J connectivity index is 1.96. The smallest absolute Gasteiger partial charge is 0.0555 e. The van der Waals surface area contributed by atoms with Gasteiger partial charge in [-0.05, 0) is 24.3 Å². The molecule has 2 rings (SSSR count). The van der Waals surface area contributed by atoms with Crippen LogP contribution in [-0.4, -0.2) is 6.54 Å². The Morgan fingerprint density at radius 3 is 3.00 bits per heavy atom. The summed E-state index contributed by atoms with van der Waals surface area (Å²) in [6, 6.07) is 10.5. The van der Waals surface area contributed by atoms with Gasteiger partial charge in [-0.15, -0.1) is 23.1 Å². The zero-order chi connectivity index (χ0) is 12.8. The topological polar surface area (TPSA) is 26.0 Å². The maximum absolute atomic E-state index is 5.35. The molecule has 0 saturated carbocycles. The lowest BCUT2D eigenvalue weighted by Gasteiger charge is -1.99. The van der Waals surface area contributed by atoms with Gasteiger partial charge in [0.2, 0.25) is 0 Å². The van der Waals surface area contributed by atoms with Crippen LogP contribution in [0.1, 0.15) is 10.4 Å². The second-order valence-corrected chi connectivity index (χ2v) is 6.51. The molecule has 0 aliphatic rings. The Hall–Kier alpha value is -0.730. The zero-order valence-electron chi connectivity index (χ0n) is 9.65. The van der Waals surface area contributed by atoms with E-state index in [9.17, 15) is 0 Å². The van der Waals surface area contributed by atoms with Gasteiger partial charge in [0.05, 0.1) is 6.54 Å². The third kappa shape index (κ3) is 4.18. The Morgan fingerprint density at radius 2 is 2.22 bits per heavy atom. The van der Waals surface area contributed by atoms with Crippen LogP contribution in [0.15, 0.2) is 45.1 Å². The van der Waals surface area contributed by atoms with E-state index in [4.69, 9.17) is 5.73 Å². The second kappa shape index (κ2) is 7.01. The fraction of sp³-hybridized carbons (Fsp3) is 0.143. The molecule has 2 N–H and O–H groups in total. The van der Waals surface area contributed by atoms with E-state index in [-0.39, 0.29) is 0 Å². The molecule has 92 valence electrons. The number of thiophene rings is 1. The normalized spacial score (nSPS) is 9.89. The minimum atomic E-state index is 0.415. The molecule has 0 radical (unpaired) electrons. The van der Waals surface area contributed by atoms with Crippen molar-refractivity contribution in [1.29, 1.82) is 0 Å². The number of hydrogen-bond acceptors (Lipinski definition) is 3. The predicted octanol–water partition coefficient (Wildman–Crippen LogP) is 4.11. The molecule has 0 unspecified atom stereocenters. The van der Waals surface area contributed by atoms with Crippen LogP contribution in [0, 0.1) is 11.8 Å². The highest BCUT2D eigenvalue weighted by Gasteiger charge is 2.00. The average Bonchev–Trinajstić information content (AvgIpc) is 2.82. The third-order valence-corrected chi connectivity index (χ3v) is 4.82. The van der Waals surface area contributed by atoms with Gasteiger partial charge in [0.1, 0.15) is 0 Å². The molecule has 0 spiro atoms. The lowest BCUT2D eigenvalue weighted by atomic mass is 10.3. The minimum Gasteiger partial charge on any atom is -0.320 e. The van der Waals surface area contributed by atoms with Gasteiger partial charge in [0.15, 0.2) is 0 Å². The second-order valence-electron chi connectivity index (χ2n) is 3.55. The summed E-state index contributed by atoms with van der Waals surface area (Å²) in [5.74, 6) is 6.90. The highest BCUT2D eigenvalue weighted by molar-refractivity contribution is 9.10. The van der Waals surface area contributed by atoms with Crippen molar-refractivity contribution < 1.29 is 0 Å². The summed E-state index contributed by atoms with van der Waals surface area (Å²) in [4.78, 5) is 2.61. The van der Waals surface area contributed by atoms with E-state index in [1.807, 2.05) is 17.8 Å². The van der Waals surface area contributed by atoms with Crippen LogP contribution in [0.25, 0.3) is 0 Å². The minimum absolute atomic E-state index is 0.415. The van der Waals surface area contributed by atoms with Crippen molar-refractivity contribution >= 4 is 39.0 Å². The summed E-state index contributed by atoms with van der Waals surface area (Å²) < 4.78 is 1.12. The molecule has 0 bridgehead atoms. The summed E-state index contributed by atoms with van der Waals surface area (Å²) in [6.45, 7) is 0.415. The van der Waals surface area contributed by atoms with Crippen LogP contribution in [0.2, 0.25) is 0 Å². The fourth-order valence-corrected chi connectivity index (χ4v) is 3.76. The first-order valence-electron chi connectivity index (χ1n) is 5.42. The highest BCUT2D eigenvalue weighted by Crippen LogP contribution is 2.27. The molecule has 1 heterocycles. The third-order valence-electron chi connectivity index (χ3n) is 2.17. The summed E-state index contributed by atoms with van der Waals surface area (Å²) in [5.41, 5.74) is 6.42. The number of rotatable bonds is 3. The van der Waals surface area contributed by atoms with Crippen molar-refractivity contribution in [3.8, 4) is 11.8 Å². The fourth-order valence-electron chi connectivity index (χ4n) is 1.39. The van der Waals surface area contributed by atoms with E-state index in [1.165, 1.54) is 9.77 Å². The Morgan fingerprint density at radius 1 is 1.33 bits per heavy atom. The van der Waals surface area contributed by atoms with Gasteiger partial charge in [-0.25, -0.2) is 0 Å². The molecule has 1 nitrogen and oxygen atoms in total. The van der Waals surface area contributed by atoms with E-state index in [1.54, 1.807) is 11.3 Å². The zero-order valence-corrected chi connectivity index (χ0v) is 12.9. The molecule has 0 atom stereocenters. The molecular weight excluding hydrogens is 326 g/mol. The number of thioether (sulfide) groups is 1. The first-order chi connectivity index (χ1) is 8.78. The Bertz CT molecular complexity index is 581. The Labute approximate surface area is 124 Å². The number of benzene rings is 1. The van der Waals surface area contributed by atoms with Crippen molar-refractivity contribution in [1.82, 2.24) is 0 Å². The van der Waals surface area contributed by atoms with Crippen molar-refractivity contribution in [3.05, 3.63) is 50.6 Å². The Kier molecular flexibility index (Phi) is 5.33. The predicted molar refractivity (Wildman–Crippen MR) is 84.0 cm³/mol. The number of hydrogen-bond donors (Lipinski definition) is 1. The molecule has 4 heteroatoms. The molecule has 1 aromatic heterocycles. The quantitative estimate of drug-likeness (QED) is 0.673. The van der Waals surface area contributed by atoms with Crippen LogP contribution >= 0.6 is 39.0 Å². The molecule has 0 amide bonds. The average molecular weight is 338 g/mol. The van der Waals surface area contributed by atoms with Crippen molar-refractivity contribution in [3.63, 3.8) is 0 Å². The number of halogens is 1. The van der Waals surface area contributed by atoms with Crippen LogP contribution in [0.3, 0.4) is 0 Å². The standard InChI is InChI=1S/C14H12BrNS2/c15-12-4-1-5-13(8-12)18-10-14-7-11(9-17-14)3-2-6-16/h1,4-5,7-9H,6,10,16H2. The van der Waals surface area contributed by atoms with Crippen molar-refractivity contribution in [2.75, 3.05) is 6.54 Å². The van der Waals surface area contributed by atoms with Crippen LogP contribution in [-0.2, 0) is 5.75 Å². The van der Waals surface area contributed by atoms with E-state index in [2.05, 4.69) is 57.4 Å². The highest BCUT2D eigenvalue weighted by atomic mass is 79.9. The SMILES string of the molecule is NCC#Cc1csc(CSc2cccc(Br)c2)c1. The molecule has 0 aliphatic carbocycles.